The molecule has 0 aliphatic rings. The first-order valence-corrected chi connectivity index (χ1v) is 10.1. The number of methoxy groups -OCH3 is 1. The molecule has 2 aromatic rings. The second kappa shape index (κ2) is 10.4. The van der Waals surface area contributed by atoms with Gasteiger partial charge >= 0.3 is 0 Å². The fraction of sp³-hybridized carbons (Fsp3) is 0.524. The highest BCUT2D eigenvalue weighted by atomic mass is 32.1. The summed E-state index contributed by atoms with van der Waals surface area (Å²) in [6.45, 7) is 6.48. The molecule has 0 aliphatic carbocycles. The number of nitrogens with zero attached hydrogens (tertiary/aromatic N) is 2. The molecular formula is C21H32N4O2S. The van der Waals surface area contributed by atoms with Crippen LogP contribution in [0.15, 0.2) is 29.1 Å². The van der Waals surface area contributed by atoms with E-state index < -0.39 is 0 Å². The van der Waals surface area contributed by atoms with Crippen molar-refractivity contribution < 1.29 is 4.74 Å². The lowest BCUT2D eigenvalue weighted by Crippen LogP contribution is -2.44. The van der Waals surface area contributed by atoms with Gasteiger partial charge in [-0.25, -0.2) is 0 Å². The van der Waals surface area contributed by atoms with Crippen molar-refractivity contribution in [2.24, 2.45) is 0 Å². The molecule has 28 heavy (non-hydrogen) atoms. The fourth-order valence-electron chi connectivity index (χ4n) is 2.91. The van der Waals surface area contributed by atoms with E-state index in [2.05, 4.69) is 48.0 Å². The van der Waals surface area contributed by atoms with Gasteiger partial charge in [0, 0.05) is 24.2 Å². The van der Waals surface area contributed by atoms with E-state index >= 15 is 0 Å². The normalized spacial score (nSPS) is 12.2. The molecule has 1 aromatic carbocycles. The maximum absolute atomic E-state index is 12.7. The first-order chi connectivity index (χ1) is 13.3. The smallest absolute Gasteiger partial charge is 0.253 e. The number of nitrogens with one attached hydrogen (secondary N) is 2. The van der Waals surface area contributed by atoms with Gasteiger partial charge in [-0.15, -0.1) is 0 Å². The van der Waals surface area contributed by atoms with E-state index in [4.69, 9.17) is 17.0 Å². The number of ether oxygens (including phenoxy) is 1. The lowest BCUT2D eigenvalue weighted by Gasteiger charge is -2.28. The quantitative estimate of drug-likeness (QED) is 0.627. The van der Waals surface area contributed by atoms with Gasteiger partial charge in [-0.3, -0.25) is 4.79 Å². The fourth-order valence-corrected chi connectivity index (χ4v) is 3.27. The van der Waals surface area contributed by atoms with Crippen LogP contribution in [0, 0.1) is 0 Å². The lowest BCUT2D eigenvalue weighted by atomic mass is 10.1. The van der Waals surface area contributed by atoms with Crippen LogP contribution in [0.3, 0.4) is 0 Å². The highest BCUT2D eigenvalue weighted by Crippen LogP contribution is 2.19. The lowest BCUT2D eigenvalue weighted by molar-refractivity contribution is 0.338. The molecule has 1 heterocycles. The summed E-state index contributed by atoms with van der Waals surface area (Å²) in [6, 6.07) is 7.93. The highest BCUT2D eigenvalue weighted by molar-refractivity contribution is 7.80. The Kier molecular flexibility index (Phi) is 8.26. The molecule has 0 unspecified atom stereocenters. The summed E-state index contributed by atoms with van der Waals surface area (Å²) >= 11 is 5.64. The number of H-pyrrole nitrogens is 1. The number of thiocarbonyl (C=S) groups is 1. The number of hydrogen-bond acceptors (Lipinski definition) is 4. The molecule has 0 fully saturated rings. The number of rotatable bonds is 9. The Balaban J connectivity index is 2.24. The number of aromatic nitrogens is 1. The second-order valence-corrected chi connectivity index (χ2v) is 7.80. The summed E-state index contributed by atoms with van der Waals surface area (Å²) in [5.74, 6) is 0.722. The van der Waals surface area contributed by atoms with Gasteiger partial charge in [0.2, 0.25) is 0 Å². The Morgan fingerprint density at radius 3 is 2.68 bits per heavy atom. The number of benzene rings is 1. The Morgan fingerprint density at radius 2 is 2.04 bits per heavy atom. The summed E-state index contributed by atoms with van der Waals surface area (Å²) in [6.07, 6.45) is 1.96. The largest absolute Gasteiger partial charge is 0.497 e. The van der Waals surface area contributed by atoms with Crippen molar-refractivity contribution in [3.63, 3.8) is 0 Å². The Labute approximate surface area is 172 Å². The second-order valence-electron chi connectivity index (χ2n) is 7.41. The third-order valence-electron chi connectivity index (χ3n) is 4.79. The number of aromatic amines is 1. The summed E-state index contributed by atoms with van der Waals surface area (Å²) in [5.41, 5.74) is 1.38. The van der Waals surface area contributed by atoms with Crippen LogP contribution in [0.1, 0.15) is 32.3 Å². The summed E-state index contributed by atoms with van der Waals surface area (Å²) in [4.78, 5) is 19.9. The molecule has 0 aliphatic heterocycles. The third kappa shape index (κ3) is 6.21. The topological polar surface area (TPSA) is 60.6 Å². The first kappa shape index (κ1) is 22.2. The average Bonchev–Trinajstić information content (AvgIpc) is 2.66. The zero-order valence-corrected chi connectivity index (χ0v) is 18.4. The molecule has 6 nitrogen and oxygen atoms in total. The van der Waals surface area contributed by atoms with Gasteiger partial charge in [-0.05, 0) is 76.2 Å². The zero-order chi connectivity index (χ0) is 20.7. The minimum Gasteiger partial charge on any atom is -0.497 e. The molecule has 0 saturated carbocycles. The van der Waals surface area contributed by atoms with Crippen molar-refractivity contribution in [3.8, 4) is 5.75 Å². The molecule has 0 saturated heterocycles. The molecule has 2 rings (SSSR count). The van der Waals surface area contributed by atoms with Crippen LogP contribution in [-0.2, 0) is 6.54 Å². The van der Waals surface area contributed by atoms with E-state index in [1.54, 1.807) is 7.11 Å². The molecule has 0 spiro atoms. The minimum absolute atomic E-state index is 0.0929. The minimum atomic E-state index is -0.0929. The first-order valence-electron chi connectivity index (χ1n) is 9.74. The van der Waals surface area contributed by atoms with Crippen molar-refractivity contribution in [3.05, 3.63) is 40.2 Å². The van der Waals surface area contributed by atoms with Crippen molar-refractivity contribution in [2.75, 3.05) is 34.3 Å². The Bertz CT molecular complexity index is 850. The van der Waals surface area contributed by atoms with Crippen LogP contribution in [0.5, 0.6) is 5.75 Å². The maximum Gasteiger partial charge on any atom is 0.253 e. The van der Waals surface area contributed by atoms with Gasteiger partial charge in [-0.2, -0.15) is 0 Å². The van der Waals surface area contributed by atoms with Crippen molar-refractivity contribution >= 4 is 28.2 Å². The van der Waals surface area contributed by atoms with Gasteiger partial charge in [0.15, 0.2) is 5.11 Å². The van der Waals surface area contributed by atoms with Crippen LogP contribution in [0.2, 0.25) is 0 Å². The molecule has 0 radical (unpaired) electrons. The molecule has 154 valence electrons. The predicted molar refractivity (Wildman–Crippen MR) is 120 cm³/mol. The van der Waals surface area contributed by atoms with Gasteiger partial charge in [0.25, 0.3) is 5.56 Å². The van der Waals surface area contributed by atoms with Crippen LogP contribution < -0.4 is 15.6 Å². The Hall–Kier alpha value is -2.12. The number of hydrogen-bond donors (Lipinski definition) is 2. The highest BCUT2D eigenvalue weighted by Gasteiger charge is 2.15. The molecule has 0 amide bonds. The van der Waals surface area contributed by atoms with Gasteiger partial charge < -0.3 is 24.8 Å². The molecule has 1 aromatic heterocycles. The van der Waals surface area contributed by atoms with Crippen LogP contribution in [0.4, 0.5) is 0 Å². The monoisotopic (exact) mass is 404 g/mol. The molecule has 0 bridgehead atoms. The van der Waals surface area contributed by atoms with Crippen LogP contribution >= 0.6 is 12.2 Å². The number of pyridine rings is 1. The number of fused-ring (bicyclic) bond motifs is 1. The van der Waals surface area contributed by atoms with Crippen LogP contribution in [-0.4, -0.2) is 60.2 Å². The Morgan fingerprint density at radius 1 is 1.29 bits per heavy atom. The van der Waals surface area contributed by atoms with E-state index in [-0.39, 0.29) is 5.56 Å². The van der Waals surface area contributed by atoms with Crippen LogP contribution in [0.25, 0.3) is 10.9 Å². The van der Waals surface area contributed by atoms with Crippen molar-refractivity contribution in [2.45, 2.75) is 39.3 Å². The molecular weight excluding hydrogens is 372 g/mol. The summed E-state index contributed by atoms with van der Waals surface area (Å²) in [7, 11) is 5.73. The SMILES string of the molecule is CC[C@@H](C)NC(=S)N(CCCN(C)C)Cc1cc2ccc(OC)cc2[nH]c1=O. The molecule has 2 N–H and O–H groups in total. The van der Waals surface area contributed by atoms with Gasteiger partial charge in [-0.1, -0.05) is 6.92 Å². The maximum atomic E-state index is 12.7. The molecule has 7 heteroatoms. The predicted octanol–water partition coefficient (Wildman–Crippen LogP) is 2.96. The van der Waals surface area contributed by atoms with Crippen molar-refractivity contribution in [1.82, 2.24) is 20.1 Å². The standard InChI is InChI=1S/C21H32N4O2S/c1-6-15(2)22-21(28)25(11-7-10-24(3)4)14-17-12-16-8-9-18(27-5)13-19(16)23-20(17)26/h8-9,12-13,15H,6-7,10-11,14H2,1-5H3,(H,22,28)(H,23,26)/t15-/m1/s1. The van der Waals surface area contributed by atoms with Gasteiger partial charge in [0.05, 0.1) is 19.2 Å². The van der Waals surface area contributed by atoms with E-state index in [1.165, 1.54) is 0 Å². The average molecular weight is 405 g/mol. The van der Waals surface area contributed by atoms with E-state index in [9.17, 15) is 4.79 Å². The van der Waals surface area contributed by atoms with E-state index in [0.717, 1.165) is 42.6 Å². The van der Waals surface area contributed by atoms with Gasteiger partial charge in [0.1, 0.15) is 5.75 Å². The summed E-state index contributed by atoms with van der Waals surface area (Å²) in [5, 5.41) is 5.05. The molecule has 1 atom stereocenters. The van der Waals surface area contributed by atoms with E-state index in [1.807, 2.05) is 24.3 Å². The van der Waals surface area contributed by atoms with Crippen molar-refractivity contribution in [1.29, 1.82) is 0 Å². The zero-order valence-electron chi connectivity index (χ0n) is 17.5. The van der Waals surface area contributed by atoms with E-state index in [0.29, 0.717) is 23.3 Å². The summed E-state index contributed by atoms with van der Waals surface area (Å²) < 4.78 is 5.24. The third-order valence-corrected chi connectivity index (χ3v) is 5.17.